The third-order valence-electron chi connectivity index (χ3n) is 4.66. The van der Waals surface area contributed by atoms with E-state index >= 15 is 0 Å². The van der Waals surface area contributed by atoms with E-state index in [0.717, 1.165) is 18.8 Å². The summed E-state index contributed by atoms with van der Waals surface area (Å²) < 4.78 is 5.75. The number of amides is 1. The molecule has 4 N–H and O–H groups in total. The van der Waals surface area contributed by atoms with Crippen molar-refractivity contribution in [1.29, 1.82) is 0 Å². The molecule has 8 heteroatoms. The molecule has 2 aromatic rings. The number of hydrogen-bond acceptors (Lipinski definition) is 6. The first-order chi connectivity index (χ1) is 12.5. The summed E-state index contributed by atoms with van der Waals surface area (Å²) in [5.41, 5.74) is 5.23. The molecule has 1 aliphatic rings. The van der Waals surface area contributed by atoms with Gasteiger partial charge in [0, 0.05) is 19.0 Å². The van der Waals surface area contributed by atoms with E-state index in [1.54, 1.807) is 6.07 Å². The highest BCUT2D eigenvalue weighted by atomic mass is 16.4. The number of aromatic amines is 1. The number of likely N-dealkylation sites (tertiary alicyclic amines) is 1. The highest BCUT2D eigenvalue weighted by Crippen LogP contribution is 2.25. The van der Waals surface area contributed by atoms with E-state index in [0.29, 0.717) is 18.8 Å². The predicted octanol–water partition coefficient (Wildman–Crippen LogP) is 1.46. The zero-order valence-corrected chi connectivity index (χ0v) is 15.0. The van der Waals surface area contributed by atoms with Crippen molar-refractivity contribution < 1.29 is 9.21 Å². The van der Waals surface area contributed by atoms with Crippen molar-refractivity contribution in [2.75, 3.05) is 25.4 Å². The number of H-pyrrole nitrogens is 1. The van der Waals surface area contributed by atoms with Crippen LogP contribution in [0.3, 0.4) is 0 Å². The van der Waals surface area contributed by atoms with E-state index in [1.165, 1.54) is 25.3 Å². The molecule has 0 aliphatic carbocycles. The number of nitrogens with zero attached hydrogens (tertiary/aromatic N) is 2. The van der Waals surface area contributed by atoms with Gasteiger partial charge in [0.1, 0.15) is 17.4 Å². The van der Waals surface area contributed by atoms with Gasteiger partial charge in [0.2, 0.25) is 0 Å². The Morgan fingerprint density at radius 1 is 1.38 bits per heavy atom. The lowest BCUT2D eigenvalue weighted by molar-refractivity contribution is 0.0917. The van der Waals surface area contributed by atoms with Gasteiger partial charge >= 0.3 is 0 Å². The van der Waals surface area contributed by atoms with Crippen LogP contribution in [-0.2, 0) is 6.42 Å². The second kappa shape index (κ2) is 8.18. The molecule has 0 spiro atoms. The van der Waals surface area contributed by atoms with E-state index in [4.69, 9.17) is 10.2 Å². The summed E-state index contributed by atoms with van der Waals surface area (Å²) in [4.78, 5) is 32.6. The SMILES string of the molecule is C[C@@H](c1ccc(C(=O)NCCc2nc(N)cc(=O)[nH]2)o1)N1CCCCC1. The van der Waals surface area contributed by atoms with Crippen LogP contribution in [0.1, 0.15) is 54.4 Å². The first-order valence-corrected chi connectivity index (χ1v) is 9.00. The lowest BCUT2D eigenvalue weighted by Crippen LogP contribution is -2.32. The minimum Gasteiger partial charge on any atom is -0.454 e. The quantitative estimate of drug-likeness (QED) is 0.719. The Morgan fingerprint density at radius 3 is 2.88 bits per heavy atom. The van der Waals surface area contributed by atoms with Crippen LogP contribution in [0.5, 0.6) is 0 Å². The molecule has 1 saturated heterocycles. The molecule has 140 valence electrons. The van der Waals surface area contributed by atoms with Crippen molar-refractivity contribution in [2.45, 2.75) is 38.6 Å². The van der Waals surface area contributed by atoms with Crippen molar-refractivity contribution in [3.05, 3.63) is 45.9 Å². The van der Waals surface area contributed by atoms with Crippen molar-refractivity contribution in [1.82, 2.24) is 20.2 Å². The summed E-state index contributed by atoms with van der Waals surface area (Å²) in [7, 11) is 0. The molecular formula is C18H25N5O3. The Balaban J connectivity index is 1.53. The Morgan fingerprint density at radius 2 is 2.15 bits per heavy atom. The van der Waals surface area contributed by atoms with Gasteiger partial charge in [0.05, 0.1) is 6.04 Å². The van der Waals surface area contributed by atoms with Crippen LogP contribution in [-0.4, -0.2) is 40.4 Å². The normalized spacial score (nSPS) is 16.3. The number of hydrogen-bond donors (Lipinski definition) is 3. The van der Waals surface area contributed by atoms with E-state index in [-0.39, 0.29) is 29.1 Å². The van der Waals surface area contributed by atoms with E-state index < -0.39 is 0 Å². The number of carbonyl (C=O) groups excluding carboxylic acids is 1. The van der Waals surface area contributed by atoms with Gasteiger partial charge in [-0.25, -0.2) is 4.98 Å². The van der Waals surface area contributed by atoms with Crippen molar-refractivity contribution in [3.8, 4) is 0 Å². The number of nitrogens with two attached hydrogens (primary N) is 1. The van der Waals surface area contributed by atoms with Gasteiger partial charge in [-0.15, -0.1) is 0 Å². The molecule has 1 atom stereocenters. The number of carbonyl (C=O) groups is 1. The van der Waals surface area contributed by atoms with E-state index in [2.05, 4.69) is 27.1 Å². The Hall–Kier alpha value is -2.61. The fourth-order valence-corrected chi connectivity index (χ4v) is 3.21. The Kier molecular flexibility index (Phi) is 5.72. The number of furan rings is 1. The summed E-state index contributed by atoms with van der Waals surface area (Å²) in [6.45, 7) is 4.56. The average Bonchev–Trinajstić information content (AvgIpc) is 3.11. The number of anilines is 1. The molecule has 26 heavy (non-hydrogen) atoms. The summed E-state index contributed by atoms with van der Waals surface area (Å²) in [6.07, 6.45) is 4.07. The van der Waals surface area contributed by atoms with Crippen LogP contribution < -0.4 is 16.6 Å². The molecule has 2 aromatic heterocycles. The number of nitrogen functional groups attached to an aromatic ring is 1. The zero-order valence-electron chi connectivity index (χ0n) is 15.0. The lowest BCUT2D eigenvalue weighted by atomic mass is 10.1. The third-order valence-corrected chi connectivity index (χ3v) is 4.66. The maximum Gasteiger partial charge on any atom is 0.287 e. The zero-order chi connectivity index (χ0) is 18.5. The Bertz CT molecular complexity index is 807. The number of rotatable bonds is 6. The molecule has 0 bridgehead atoms. The molecule has 8 nitrogen and oxygen atoms in total. The minimum atomic E-state index is -0.304. The molecule has 0 saturated carbocycles. The first kappa shape index (κ1) is 18.2. The molecule has 0 aromatic carbocycles. The third kappa shape index (κ3) is 4.51. The van der Waals surface area contributed by atoms with E-state index in [9.17, 15) is 9.59 Å². The van der Waals surface area contributed by atoms with Crippen LogP contribution in [0.25, 0.3) is 0 Å². The number of aromatic nitrogens is 2. The summed E-state index contributed by atoms with van der Waals surface area (Å²) in [5, 5.41) is 2.77. The first-order valence-electron chi connectivity index (χ1n) is 9.00. The second-order valence-corrected chi connectivity index (χ2v) is 6.60. The van der Waals surface area contributed by atoms with Crippen molar-refractivity contribution in [3.63, 3.8) is 0 Å². The van der Waals surface area contributed by atoms with Gasteiger partial charge in [-0.3, -0.25) is 14.5 Å². The fraction of sp³-hybridized carbons (Fsp3) is 0.500. The number of piperidine rings is 1. The molecule has 0 unspecified atom stereocenters. The standard InChI is InChI=1S/C18H25N5O3/c1-12(23-9-3-2-4-10-23)13-5-6-14(26-13)18(25)20-8-7-16-21-15(19)11-17(24)22-16/h5-6,11-12H,2-4,7-10H2,1H3,(H,20,25)(H3,19,21,22,24)/t12-/m0/s1. The highest BCUT2D eigenvalue weighted by Gasteiger charge is 2.22. The summed E-state index contributed by atoms with van der Waals surface area (Å²) in [5.74, 6) is 1.41. The average molecular weight is 359 g/mol. The second-order valence-electron chi connectivity index (χ2n) is 6.60. The van der Waals surface area contributed by atoms with Gasteiger partial charge in [-0.05, 0) is 45.0 Å². The predicted molar refractivity (Wildman–Crippen MR) is 97.9 cm³/mol. The van der Waals surface area contributed by atoms with Crippen LogP contribution in [0.4, 0.5) is 5.82 Å². The largest absolute Gasteiger partial charge is 0.454 e. The van der Waals surface area contributed by atoms with Gasteiger partial charge in [0.15, 0.2) is 5.76 Å². The summed E-state index contributed by atoms with van der Waals surface area (Å²) >= 11 is 0. The molecule has 3 rings (SSSR count). The maximum absolute atomic E-state index is 12.2. The van der Waals surface area contributed by atoms with Gasteiger partial charge in [-0.2, -0.15) is 0 Å². The molecule has 0 radical (unpaired) electrons. The molecule has 3 heterocycles. The van der Waals surface area contributed by atoms with Crippen molar-refractivity contribution in [2.24, 2.45) is 0 Å². The van der Waals surface area contributed by atoms with Crippen LogP contribution in [0.2, 0.25) is 0 Å². The van der Waals surface area contributed by atoms with Gasteiger partial charge in [-0.1, -0.05) is 6.42 Å². The number of nitrogens with one attached hydrogen (secondary N) is 2. The Labute approximate surface area is 151 Å². The summed E-state index contributed by atoms with van der Waals surface area (Å²) in [6, 6.07) is 4.95. The van der Waals surface area contributed by atoms with E-state index in [1.807, 2.05) is 6.07 Å². The maximum atomic E-state index is 12.2. The molecular weight excluding hydrogens is 334 g/mol. The van der Waals surface area contributed by atoms with Crippen LogP contribution >= 0.6 is 0 Å². The molecule has 1 fully saturated rings. The lowest BCUT2D eigenvalue weighted by Gasteiger charge is -2.31. The fourth-order valence-electron chi connectivity index (χ4n) is 3.21. The van der Waals surface area contributed by atoms with Gasteiger partial charge < -0.3 is 20.5 Å². The highest BCUT2D eigenvalue weighted by molar-refractivity contribution is 5.91. The molecule has 1 aliphatic heterocycles. The van der Waals surface area contributed by atoms with Crippen molar-refractivity contribution >= 4 is 11.7 Å². The van der Waals surface area contributed by atoms with Crippen LogP contribution in [0, 0.1) is 0 Å². The van der Waals surface area contributed by atoms with Crippen LogP contribution in [0.15, 0.2) is 27.4 Å². The topological polar surface area (TPSA) is 117 Å². The minimum absolute atomic E-state index is 0.164. The van der Waals surface area contributed by atoms with Gasteiger partial charge in [0.25, 0.3) is 11.5 Å². The monoisotopic (exact) mass is 359 g/mol. The molecule has 1 amide bonds. The smallest absolute Gasteiger partial charge is 0.287 e.